The SMILES string of the molecule is Cc1cnc(C(=O)C(F)F)cn1. The number of Topliss-reactive ketones (excluding diaryl/α,β-unsaturated/α-hetero) is 1. The first-order valence-corrected chi connectivity index (χ1v) is 3.22. The molecule has 0 unspecified atom stereocenters. The van der Waals surface area contributed by atoms with Crippen molar-refractivity contribution >= 4 is 5.78 Å². The highest BCUT2D eigenvalue weighted by Gasteiger charge is 2.18. The van der Waals surface area contributed by atoms with Gasteiger partial charge in [0.1, 0.15) is 5.69 Å². The van der Waals surface area contributed by atoms with Crippen molar-refractivity contribution in [1.29, 1.82) is 0 Å². The van der Waals surface area contributed by atoms with Crippen LogP contribution in [0.4, 0.5) is 8.78 Å². The van der Waals surface area contributed by atoms with Gasteiger partial charge >= 0.3 is 6.43 Å². The second-order valence-electron chi connectivity index (χ2n) is 2.21. The summed E-state index contributed by atoms with van der Waals surface area (Å²) >= 11 is 0. The minimum absolute atomic E-state index is 0.296. The molecular formula is C7H6F2N2O. The number of hydrogen-bond donors (Lipinski definition) is 0. The van der Waals surface area contributed by atoms with E-state index in [2.05, 4.69) is 9.97 Å². The minimum atomic E-state index is -3.01. The largest absolute Gasteiger partial charge is 0.302 e. The van der Waals surface area contributed by atoms with Crippen molar-refractivity contribution in [1.82, 2.24) is 9.97 Å². The number of rotatable bonds is 2. The Balaban J connectivity index is 2.90. The van der Waals surface area contributed by atoms with Gasteiger partial charge in [0.2, 0.25) is 5.78 Å². The van der Waals surface area contributed by atoms with Crippen molar-refractivity contribution in [3.8, 4) is 0 Å². The number of alkyl halides is 2. The standard InChI is InChI=1S/C7H6F2N2O/c1-4-2-11-5(3-10-4)6(12)7(8)9/h2-3,7H,1H3. The normalized spacial score (nSPS) is 10.3. The fourth-order valence-electron chi connectivity index (χ4n) is 0.632. The van der Waals surface area contributed by atoms with Gasteiger partial charge < -0.3 is 0 Å². The van der Waals surface area contributed by atoms with Gasteiger partial charge in [0.15, 0.2) is 0 Å². The van der Waals surface area contributed by atoms with Crippen molar-refractivity contribution in [2.24, 2.45) is 0 Å². The van der Waals surface area contributed by atoms with Gasteiger partial charge in [-0.15, -0.1) is 0 Å². The third-order valence-corrected chi connectivity index (χ3v) is 1.23. The van der Waals surface area contributed by atoms with Crippen LogP contribution in [0, 0.1) is 6.92 Å². The van der Waals surface area contributed by atoms with Crippen molar-refractivity contribution in [2.45, 2.75) is 13.3 Å². The van der Waals surface area contributed by atoms with Gasteiger partial charge in [-0.05, 0) is 6.92 Å². The quantitative estimate of drug-likeness (QED) is 0.630. The zero-order valence-electron chi connectivity index (χ0n) is 6.29. The number of ketones is 1. The molecule has 1 rings (SSSR count). The molecule has 12 heavy (non-hydrogen) atoms. The van der Waals surface area contributed by atoms with E-state index < -0.39 is 12.2 Å². The molecule has 0 amide bonds. The van der Waals surface area contributed by atoms with Gasteiger partial charge in [0, 0.05) is 6.20 Å². The molecule has 0 fully saturated rings. The molecule has 0 aliphatic rings. The lowest BCUT2D eigenvalue weighted by molar-refractivity contribution is 0.0672. The Morgan fingerprint density at radius 3 is 2.50 bits per heavy atom. The zero-order valence-corrected chi connectivity index (χ0v) is 6.29. The first-order valence-electron chi connectivity index (χ1n) is 3.22. The van der Waals surface area contributed by atoms with Crippen LogP contribution >= 0.6 is 0 Å². The van der Waals surface area contributed by atoms with Crippen molar-refractivity contribution in [3.63, 3.8) is 0 Å². The van der Waals surface area contributed by atoms with E-state index in [0.29, 0.717) is 5.69 Å². The molecule has 0 spiro atoms. The van der Waals surface area contributed by atoms with E-state index in [1.165, 1.54) is 6.20 Å². The Kier molecular flexibility index (Phi) is 2.42. The summed E-state index contributed by atoms with van der Waals surface area (Å²) in [4.78, 5) is 17.8. The van der Waals surface area contributed by atoms with E-state index in [9.17, 15) is 13.6 Å². The van der Waals surface area contributed by atoms with E-state index in [1.807, 2.05) is 0 Å². The van der Waals surface area contributed by atoms with E-state index in [0.717, 1.165) is 6.20 Å². The molecule has 1 heterocycles. The average molecular weight is 172 g/mol. The van der Waals surface area contributed by atoms with Gasteiger partial charge in [-0.2, -0.15) is 0 Å². The smallest absolute Gasteiger partial charge is 0.286 e. The number of aryl methyl sites for hydroxylation is 1. The van der Waals surface area contributed by atoms with E-state index >= 15 is 0 Å². The third kappa shape index (κ3) is 1.81. The van der Waals surface area contributed by atoms with Crippen LogP contribution in [-0.2, 0) is 0 Å². The van der Waals surface area contributed by atoms with Crippen LogP contribution in [0.15, 0.2) is 12.4 Å². The highest BCUT2D eigenvalue weighted by molar-refractivity contribution is 5.96. The van der Waals surface area contributed by atoms with Crippen LogP contribution < -0.4 is 0 Å². The van der Waals surface area contributed by atoms with Gasteiger partial charge in [0.25, 0.3) is 0 Å². The number of carbonyl (C=O) groups excluding carboxylic acids is 1. The number of nitrogens with zero attached hydrogens (tertiary/aromatic N) is 2. The molecule has 0 aliphatic carbocycles. The van der Waals surface area contributed by atoms with Crippen LogP contribution in [0.25, 0.3) is 0 Å². The fraction of sp³-hybridized carbons (Fsp3) is 0.286. The van der Waals surface area contributed by atoms with Crippen molar-refractivity contribution in [3.05, 3.63) is 23.8 Å². The molecular weight excluding hydrogens is 166 g/mol. The Labute approximate surface area is 67.5 Å². The molecule has 0 saturated carbocycles. The number of carbonyl (C=O) groups is 1. The lowest BCUT2D eigenvalue weighted by Crippen LogP contribution is -2.12. The summed E-state index contributed by atoms with van der Waals surface area (Å²) in [5.41, 5.74) is 0.288. The topological polar surface area (TPSA) is 42.9 Å². The molecule has 0 bridgehead atoms. The predicted octanol–water partition coefficient (Wildman–Crippen LogP) is 1.23. The van der Waals surface area contributed by atoms with Crippen molar-refractivity contribution in [2.75, 3.05) is 0 Å². The Hall–Kier alpha value is -1.39. The number of aromatic nitrogens is 2. The summed E-state index contributed by atoms with van der Waals surface area (Å²) < 4.78 is 23.6. The Morgan fingerprint density at radius 2 is 2.08 bits per heavy atom. The lowest BCUT2D eigenvalue weighted by Gasteiger charge is -1.97. The summed E-state index contributed by atoms with van der Waals surface area (Å²) in [7, 11) is 0. The molecule has 0 aliphatic heterocycles. The van der Waals surface area contributed by atoms with Gasteiger partial charge in [0.05, 0.1) is 11.9 Å². The molecule has 64 valence electrons. The minimum Gasteiger partial charge on any atom is -0.286 e. The lowest BCUT2D eigenvalue weighted by atomic mass is 10.3. The zero-order chi connectivity index (χ0) is 9.14. The monoisotopic (exact) mass is 172 g/mol. The van der Waals surface area contributed by atoms with Gasteiger partial charge in [-0.3, -0.25) is 9.78 Å². The summed E-state index contributed by atoms with van der Waals surface area (Å²) in [6.07, 6.45) is -0.693. The molecule has 0 saturated heterocycles. The van der Waals surface area contributed by atoms with Crippen LogP contribution in [0.2, 0.25) is 0 Å². The highest BCUT2D eigenvalue weighted by atomic mass is 19.3. The Bertz CT molecular complexity index is 284. The van der Waals surface area contributed by atoms with Gasteiger partial charge in [-0.1, -0.05) is 0 Å². The molecule has 0 N–H and O–H groups in total. The van der Waals surface area contributed by atoms with E-state index in [4.69, 9.17) is 0 Å². The molecule has 0 atom stereocenters. The summed E-state index contributed by atoms with van der Waals surface area (Å²) in [6.45, 7) is 1.66. The van der Waals surface area contributed by atoms with Crippen LogP contribution in [0.3, 0.4) is 0 Å². The summed E-state index contributed by atoms with van der Waals surface area (Å²) in [6, 6.07) is 0. The summed E-state index contributed by atoms with van der Waals surface area (Å²) in [5.74, 6) is -1.29. The molecule has 3 nitrogen and oxygen atoms in total. The first-order chi connectivity index (χ1) is 5.61. The predicted molar refractivity (Wildman–Crippen MR) is 37.1 cm³/mol. The maximum absolute atomic E-state index is 11.8. The van der Waals surface area contributed by atoms with Crippen LogP contribution in [-0.4, -0.2) is 22.2 Å². The molecule has 0 radical (unpaired) electrons. The second kappa shape index (κ2) is 3.34. The molecule has 1 aromatic rings. The Morgan fingerprint density at radius 1 is 1.42 bits per heavy atom. The molecule has 1 aromatic heterocycles. The molecule has 0 aromatic carbocycles. The maximum atomic E-state index is 11.8. The number of halogens is 2. The summed E-state index contributed by atoms with van der Waals surface area (Å²) in [5, 5.41) is 0. The second-order valence-corrected chi connectivity index (χ2v) is 2.21. The van der Waals surface area contributed by atoms with Gasteiger partial charge in [-0.25, -0.2) is 13.8 Å². The van der Waals surface area contributed by atoms with Crippen LogP contribution in [0.5, 0.6) is 0 Å². The maximum Gasteiger partial charge on any atom is 0.302 e. The third-order valence-electron chi connectivity index (χ3n) is 1.23. The molecule has 5 heteroatoms. The van der Waals surface area contributed by atoms with Crippen molar-refractivity contribution < 1.29 is 13.6 Å². The number of hydrogen-bond acceptors (Lipinski definition) is 3. The fourth-order valence-corrected chi connectivity index (χ4v) is 0.632. The van der Waals surface area contributed by atoms with E-state index in [-0.39, 0.29) is 5.69 Å². The van der Waals surface area contributed by atoms with Crippen LogP contribution in [0.1, 0.15) is 16.2 Å². The highest BCUT2D eigenvalue weighted by Crippen LogP contribution is 2.03. The average Bonchev–Trinajstić information content (AvgIpc) is 2.04. The van der Waals surface area contributed by atoms with E-state index in [1.54, 1.807) is 6.92 Å². The first kappa shape index (κ1) is 8.70.